The SMILES string of the molecule is Cc1cc(=C(C#N)C#N)c(C(C)C)cc1=C(C#N)C#N. The molecule has 0 radical (unpaired) electrons. The molecule has 20 heavy (non-hydrogen) atoms. The number of rotatable bonds is 1. The average Bonchev–Trinajstić information content (AvgIpc) is 2.43. The smallest absolute Gasteiger partial charge is 0.137 e. The maximum absolute atomic E-state index is 9.03. The molecule has 0 bridgehead atoms. The van der Waals surface area contributed by atoms with Gasteiger partial charge in [-0.2, -0.15) is 21.0 Å². The van der Waals surface area contributed by atoms with Crippen LogP contribution in [0.2, 0.25) is 0 Å². The third-order valence-electron chi connectivity index (χ3n) is 3.00. The molecule has 1 rings (SSSR count). The molecule has 4 nitrogen and oxygen atoms in total. The van der Waals surface area contributed by atoms with Crippen molar-refractivity contribution in [1.82, 2.24) is 0 Å². The topological polar surface area (TPSA) is 95.2 Å². The molecular formula is C16H12N4. The molecule has 96 valence electrons. The molecule has 0 aliphatic heterocycles. The predicted molar refractivity (Wildman–Crippen MR) is 73.8 cm³/mol. The molecule has 0 saturated carbocycles. The van der Waals surface area contributed by atoms with E-state index in [0.717, 1.165) is 5.56 Å². The molecule has 0 aliphatic carbocycles. The molecule has 0 unspecified atom stereocenters. The van der Waals surface area contributed by atoms with E-state index in [-0.39, 0.29) is 17.1 Å². The first-order valence-corrected chi connectivity index (χ1v) is 5.99. The van der Waals surface area contributed by atoms with Crippen LogP contribution >= 0.6 is 0 Å². The van der Waals surface area contributed by atoms with Gasteiger partial charge in [0.1, 0.15) is 35.4 Å². The van der Waals surface area contributed by atoms with Crippen LogP contribution in [-0.4, -0.2) is 0 Å². The molecule has 0 aromatic heterocycles. The van der Waals surface area contributed by atoms with Crippen molar-refractivity contribution >= 4 is 11.1 Å². The van der Waals surface area contributed by atoms with Gasteiger partial charge >= 0.3 is 0 Å². The number of nitriles is 4. The molecule has 0 heterocycles. The monoisotopic (exact) mass is 260 g/mol. The third-order valence-corrected chi connectivity index (χ3v) is 3.00. The fourth-order valence-corrected chi connectivity index (χ4v) is 1.98. The van der Waals surface area contributed by atoms with Gasteiger partial charge in [-0.15, -0.1) is 0 Å². The minimum absolute atomic E-state index is 0.0337. The molecule has 0 saturated heterocycles. The van der Waals surface area contributed by atoms with Crippen molar-refractivity contribution in [1.29, 1.82) is 21.0 Å². The van der Waals surface area contributed by atoms with Crippen LogP contribution in [0.3, 0.4) is 0 Å². The Bertz CT molecular complexity index is 799. The van der Waals surface area contributed by atoms with Crippen LogP contribution in [0, 0.1) is 52.2 Å². The van der Waals surface area contributed by atoms with Crippen LogP contribution in [0.5, 0.6) is 0 Å². The maximum atomic E-state index is 9.03. The molecule has 0 atom stereocenters. The lowest BCUT2D eigenvalue weighted by Gasteiger charge is -2.09. The highest BCUT2D eigenvalue weighted by Crippen LogP contribution is 2.10. The summed E-state index contributed by atoms with van der Waals surface area (Å²) in [5, 5.41) is 37.1. The van der Waals surface area contributed by atoms with Crippen LogP contribution in [-0.2, 0) is 0 Å². The molecule has 0 fully saturated rings. The lowest BCUT2D eigenvalue weighted by atomic mass is 9.94. The molecule has 1 aromatic rings. The van der Waals surface area contributed by atoms with Crippen molar-refractivity contribution in [3.63, 3.8) is 0 Å². The Morgan fingerprint density at radius 2 is 1.30 bits per heavy atom. The lowest BCUT2D eigenvalue weighted by molar-refractivity contribution is 0.855. The van der Waals surface area contributed by atoms with Gasteiger partial charge in [0, 0.05) is 10.4 Å². The number of hydrogen-bond acceptors (Lipinski definition) is 4. The molecule has 0 spiro atoms. The van der Waals surface area contributed by atoms with Gasteiger partial charge in [-0.25, -0.2) is 0 Å². The Balaban J connectivity index is 4.09. The first-order valence-electron chi connectivity index (χ1n) is 5.99. The summed E-state index contributed by atoms with van der Waals surface area (Å²) < 4.78 is 0. The van der Waals surface area contributed by atoms with Crippen molar-refractivity contribution in [3.8, 4) is 24.3 Å². The number of aryl methyl sites for hydroxylation is 1. The van der Waals surface area contributed by atoms with E-state index in [1.807, 2.05) is 38.1 Å². The van der Waals surface area contributed by atoms with Crippen molar-refractivity contribution in [2.75, 3.05) is 0 Å². The first-order chi connectivity index (χ1) is 9.49. The highest BCUT2D eigenvalue weighted by atomic mass is 14.3. The Morgan fingerprint density at radius 3 is 1.70 bits per heavy atom. The minimum Gasteiger partial charge on any atom is -0.192 e. The molecule has 0 aliphatic rings. The summed E-state index contributed by atoms with van der Waals surface area (Å²) >= 11 is 0. The summed E-state index contributed by atoms with van der Waals surface area (Å²) in [5.74, 6) is 0.0692. The van der Waals surface area contributed by atoms with E-state index < -0.39 is 0 Å². The quantitative estimate of drug-likeness (QED) is 0.764. The second-order valence-electron chi connectivity index (χ2n) is 4.61. The highest BCUT2D eigenvalue weighted by Gasteiger charge is 2.09. The van der Waals surface area contributed by atoms with E-state index in [2.05, 4.69) is 0 Å². The van der Waals surface area contributed by atoms with Crippen molar-refractivity contribution < 1.29 is 0 Å². The van der Waals surface area contributed by atoms with Gasteiger partial charge in [0.2, 0.25) is 0 Å². The Labute approximate surface area is 117 Å². The van der Waals surface area contributed by atoms with Gasteiger partial charge < -0.3 is 0 Å². The maximum Gasteiger partial charge on any atom is 0.137 e. The molecule has 0 amide bonds. The molecule has 0 N–H and O–H groups in total. The van der Waals surface area contributed by atoms with Crippen molar-refractivity contribution in [2.45, 2.75) is 26.7 Å². The zero-order valence-electron chi connectivity index (χ0n) is 11.5. The van der Waals surface area contributed by atoms with E-state index in [1.54, 1.807) is 19.1 Å². The minimum atomic E-state index is 0.0337. The Kier molecular flexibility index (Phi) is 4.64. The predicted octanol–water partition coefficient (Wildman–Crippen LogP) is 1.51. The van der Waals surface area contributed by atoms with Crippen LogP contribution in [0.15, 0.2) is 12.1 Å². The van der Waals surface area contributed by atoms with Crippen LogP contribution in [0.25, 0.3) is 11.1 Å². The van der Waals surface area contributed by atoms with Gasteiger partial charge in [-0.3, -0.25) is 0 Å². The summed E-state index contributed by atoms with van der Waals surface area (Å²) in [7, 11) is 0. The van der Waals surface area contributed by atoms with Gasteiger partial charge in [0.25, 0.3) is 0 Å². The second kappa shape index (κ2) is 6.19. The normalized spacial score (nSPS) is 9.00. The summed E-state index contributed by atoms with van der Waals surface area (Å²) in [6.45, 7) is 5.62. The number of nitrogens with zero attached hydrogens (tertiary/aromatic N) is 4. The summed E-state index contributed by atoms with van der Waals surface area (Å²) in [4.78, 5) is 0. The molecular weight excluding hydrogens is 248 g/mol. The number of benzene rings is 1. The largest absolute Gasteiger partial charge is 0.192 e. The van der Waals surface area contributed by atoms with E-state index in [9.17, 15) is 0 Å². The molecule has 1 aromatic carbocycles. The van der Waals surface area contributed by atoms with E-state index in [4.69, 9.17) is 21.0 Å². The van der Waals surface area contributed by atoms with Gasteiger partial charge in [-0.05, 0) is 36.1 Å². The Hall–Kier alpha value is -3.08. The van der Waals surface area contributed by atoms with Gasteiger partial charge in [0.05, 0.1) is 0 Å². The van der Waals surface area contributed by atoms with Gasteiger partial charge in [0.15, 0.2) is 0 Å². The van der Waals surface area contributed by atoms with E-state index >= 15 is 0 Å². The van der Waals surface area contributed by atoms with E-state index in [1.165, 1.54) is 0 Å². The fraction of sp³-hybridized carbons (Fsp3) is 0.250. The summed E-state index contributed by atoms with van der Waals surface area (Å²) in [5.41, 5.74) is 1.56. The van der Waals surface area contributed by atoms with Gasteiger partial charge in [-0.1, -0.05) is 13.8 Å². The Morgan fingerprint density at radius 1 is 0.850 bits per heavy atom. The zero-order valence-corrected chi connectivity index (χ0v) is 11.5. The standard InChI is InChI=1S/C16H12N4/c1-10(2)14-5-15(12(6-17)7-18)11(3)4-16(14)13(8-19)9-20/h4-5,10H,1-3H3. The average molecular weight is 260 g/mol. The lowest BCUT2D eigenvalue weighted by Crippen LogP contribution is -2.22. The second-order valence-corrected chi connectivity index (χ2v) is 4.61. The first kappa shape index (κ1) is 15.0. The van der Waals surface area contributed by atoms with Crippen molar-refractivity contribution in [2.24, 2.45) is 0 Å². The highest BCUT2D eigenvalue weighted by molar-refractivity contribution is 5.76. The van der Waals surface area contributed by atoms with Crippen LogP contribution in [0.1, 0.15) is 30.9 Å². The summed E-state index contributed by atoms with van der Waals surface area (Å²) in [6, 6.07) is 10.9. The van der Waals surface area contributed by atoms with E-state index in [0.29, 0.717) is 16.0 Å². The zero-order chi connectivity index (χ0) is 15.3. The summed E-state index contributed by atoms with van der Waals surface area (Å²) in [6.07, 6.45) is 0. The third kappa shape index (κ3) is 2.67. The van der Waals surface area contributed by atoms with Crippen molar-refractivity contribution in [3.05, 3.63) is 33.7 Å². The fourth-order valence-electron chi connectivity index (χ4n) is 1.98. The van der Waals surface area contributed by atoms with Crippen LogP contribution in [0.4, 0.5) is 0 Å². The molecule has 4 heteroatoms. The number of hydrogen-bond donors (Lipinski definition) is 0. The van der Waals surface area contributed by atoms with Crippen LogP contribution < -0.4 is 10.4 Å².